The molecule has 1 rings (SSSR count). The first-order valence-electron chi connectivity index (χ1n) is 6.22. The molecule has 0 aliphatic rings. The van der Waals surface area contributed by atoms with Crippen molar-refractivity contribution < 1.29 is 9.84 Å². The third-order valence-corrected chi connectivity index (χ3v) is 3.00. The second-order valence-electron chi connectivity index (χ2n) is 4.97. The van der Waals surface area contributed by atoms with Gasteiger partial charge in [0.1, 0.15) is 0 Å². The number of aromatic nitrogens is 2. The number of rotatable bonds is 6. The molecule has 0 radical (unpaired) electrons. The van der Waals surface area contributed by atoms with Crippen LogP contribution in [0.25, 0.3) is 0 Å². The summed E-state index contributed by atoms with van der Waals surface area (Å²) >= 11 is 0. The van der Waals surface area contributed by atoms with E-state index in [1.807, 2.05) is 14.0 Å². The number of hydrogen-bond donors (Lipinski definition) is 1. The molecule has 1 aromatic rings. The van der Waals surface area contributed by atoms with Gasteiger partial charge in [-0.25, -0.2) is 4.68 Å². The first kappa shape index (κ1) is 14.0. The molecule has 0 saturated heterocycles. The Balaban J connectivity index is 2.71. The lowest BCUT2D eigenvalue weighted by molar-refractivity contribution is 0.157. The minimum Gasteiger partial charge on any atom is -0.481 e. The maximum absolute atomic E-state index is 10.2. The second kappa shape index (κ2) is 6.05. The summed E-state index contributed by atoms with van der Waals surface area (Å²) in [5.74, 6) is 1.35. The van der Waals surface area contributed by atoms with Crippen molar-refractivity contribution in [1.29, 1.82) is 0 Å². The first-order valence-corrected chi connectivity index (χ1v) is 6.22. The minimum absolute atomic E-state index is 0.475. The fourth-order valence-corrected chi connectivity index (χ4v) is 2.14. The van der Waals surface area contributed by atoms with Crippen molar-refractivity contribution in [3.8, 4) is 5.88 Å². The van der Waals surface area contributed by atoms with E-state index in [1.54, 1.807) is 11.8 Å². The van der Waals surface area contributed by atoms with Crippen LogP contribution in [-0.4, -0.2) is 22.0 Å². The molecular formula is C13H24N2O2. The Hall–Kier alpha value is -1.03. The SMILES string of the molecule is COc1c(C(O)CCCC(C)C)c(C)nn1C. The predicted octanol–water partition coefficient (Wildman–Crippen LogP) is 2.60. The highest BCUT2D eigenvalue weighted by Gasteiger charge is 2.21. The standard InChI is InChI=1S/C13H24N2O2/c1-9(2)7-6-8-11(16)12-10(3)14-15(4)13(12)17-5/h9,11,16H,6-8H2,1-5H3. The van der Waals surface area contributed by atoms with Gasteiger partial charge in [0.2, 0.25) is 5.88 Å². The smallest absolute Gasteiger partial charge is 0.217 e. The summed E-state index contributed by atoms with van der Waals surface area (Å²) in [5.41, 5.74) is 1.68. The van der Waals surface area contributed by atoms with E-state index in [-0.39, 0.29) is 0 Å². The number of methoxy groups -OCH3 is 1. The van der Waals surface area contributed by atoms with Crippen LogP contribution in [0.2, 0.25) is 0 Å². The summed E-state index contributed by atoms with van der Waals surface area (Å²) in [7, 11) is 3.44. The molecule has 1 aromatic heterocycles. The number of aliphatic hydroxyl groups is 1. The molecule has 0 spiro atoms. The topological polar surface area (TPSA) is 47.3 Å². The van der Waals surface area contributed by atoms with Gasteiger partial charge in [0.25, 0.3) is 0 Å². The summed E-state index contributed by atoms with van der Waals surface area (Å²) in [6.45, 7) is 6.30. The number of aliphatic hydroxyl groups excluding tert-OH is 1. The first-order chi connectivity index (χ1) is 7.97. The van der Waals surface area contributed by atoms with Gasteiger partial charge < -0.3 is 9.84 Å². The zero-order valence-electron chi connectivity index (χ0n) is 11.5. The normalized spacial score (nSPS) is 13.1. The van der Waals surface area contributed by atoms with Crippen molar-refractivity contribution in [3.63, 3.8) is 0 Å². The van der Waals surface area contributed by atoms with E-state index in [9.17, 15) is 5.11 Å². The lowest BCUT2D eigenvalue weighted by Crippen LogP contribution is -2.03. The molecule has 0 amide bonds. The monoisotopic (exact) mass is 240 g/mol. The molecule has 0 fully saturated rings. The van der Waals surface area contributed by atoms with Crippen molar-refractivity contribution in [2.24, 2.45) is 13.0 Å². The Labute approximate surface area is 104 Å². The van der Waals surface area contributed by atoms with E-state index < -0.39 is 6.10 Å². The summed E-state index contributed by atoms with van der Waals surface area (Å²) in [4.78, 5) is 0. The fraction of sp³-hybridized carbons (Fsp3) is 0.769. The van der Waals surface area contributed by atoms with Crippen LogP contribution in [0.5, 0.6) is 5.88 Å². The fourth-order valence-electron chi connectivity index (χ4n) is 2.14. The van der Waals surface area contributed by atoms with Crippen molar-refractivity contribution >= 4 is 0 Å². The van der Waals surface area contributed by atoms with Crippen LogP contribution >= 0.6 is 0 Å². The van der Waals surface area contributed by atoms with Gasteiger partial charge in [0.15, 0.2) is 0 Å². The molecule has 0 aliphatic carbocycles. The third-order valence-electron chi connectivity index (χ3n) is 3.00. The molecule has 4 nitrogen and oxygen atoms in total. The van der Waals surface area contributed by atoms with Crippen LogP contribution in [0.1, 0.15) is 50.5 Å². The Morgan fingerprint density at radius 3 is 2.53 bits per heavy atom. The van der Waals surface area contributed by atoms with Gasteiger partial charge in [-0.2, -0.15) is 5.10 Å². The van der Waals surface area contributed by atoms with Crippen molar-refractivity contribution in [2.75, 3.05) is 7.11 Å². The molecule has 0 saturated carbocycles. The molecule has 4 heteroatoms. The molecule has 0 aliphatic heterocycles. The lowest BCUT2D eigenvalue weighted by Gasteiger charge is -2.13. The van der Waals surface area contributed by atoms with E-state index in [1.165, 1.54) is 0 Å². The zero-order valence-corrected chi connectivity index (χ0v) is 11.5. The molecule has 1 atom stereocenters. The second-order valence-corrected chi connectivity index (χ2v) is 4.97. The number of aryl methyl sites for hydroxylation is 2. The van der Waals surface area contributed by atoms with Crippen LogP contribution in [-0.2, 0) is 7.05 Å². The number of ether oxygens (including phenoxy) is 1. The van der Waals surface area contributed by atoms with Gasteiger partial charge >= 0.3 is 0 Å². The van der Waals surface area contributed by atoms with Crippen LogP contribution in [0.15, 0.2) is 0 Å². The van der Waals surface area contributed by atoms with E-state index in [0.717, 1.165) is 30.5 Å². The highest BCUT2D eigenvalue weighted by molar-refractivity contribution is 5.33. The van der Waals surface area contributed by atoms with Crippen LogP contribution in [0.3, 0.4) is 0 Å². The highest BCUT2D eigenvalue weighted by atomic mass is 16.5. The zero-order chi connectivity index (χ0) is 13.0. The minimum atomic E-state index is -0.475. The summed E-state index contributed by atoms with van der Waals surface area (Å²) in [5, 5.41) is 14.5. The molecule has 1 N–H and O–H groups in total. The molecule has 17 heavy (non-hydrogen) atoms. The van der Waals surface area contributed by atoms with Gasteiger partial charge in [0.05, 0.1) is 24.5 Å². The third kappa shape index (κ3) is 3.46. The highest BCUT2D eigenvalue weighted by Crippen LogP contribution is 2.31. The molecule has 1 heterocycles. The van der Waals surface area contributed by atoms with Gasteiger partial charge in [-0.15, -0.1) is 0 Å². The molecule has 1 unspecified atom stereocenters. The molecule has 0 bridgehead atoms. The van der Waals surface area contributed by atoms with Gasteiger partial charge in [-0.1, -0.05) is 26.7 Å². The Bertz CT molecular complexity index is 359. The van der Waals surface area contributed by atoms with E-state index in [4.69, 9.17) is 4.74 Å². The van der Waals surface area contributed by atoms with E-state index in [0.29, 0.717) is 11.8 Å². The average molecular weight is 240 g/mol. The maximum atomic E-state index is 10.2. The van der Waals surface area contributed by atoms with Crippen LogP contribution in [0.4, 0.5) is 0 Å². The van der Waals surface area contributed by atoms with Gasteiger partial charge in [0, 0.05) is 7.05 Å². The molecule has 0 aromatic carbocycles. The quantitative estimate of drug-likeness (QED) is 0.831. The summed E-state index contributed by atoms with van der Waals surface area (Å²) < 4.78 is 6.96. The lowest BCUT2D eigenvalue weighted by atomic mass is 10.0. The van der Waals surface area contributed by atoms with E-state index >= 15 is 0 Å². The predicted molar refractivity (Wildman–Crippen MR) is 68.1 cm³/mol. The van der Waals surface area contributed by atoms with Gasteiger partial charge in [-0.05, 0) is 19.3 Å². The van der Waals surface area contributed by atoms with Crippen LogP contribution in [0, 0.1) is 12.8 Å². The van der Waals surface area contributed by atoms with Crippen LogP contribution < -0.4 is 4.74 Å². The Morgan fingerprint density at radius 2 is 2.00 bits per heavy atom. The maximum Gasteiger partial charge on any atom is 0.217 e. The molecule has 98 valence electrons. The summed E-state index contributed by atoms with van der Waals surface area (Å²) in [6, 6.07) is 0. The Morgan fingerprint density at radius 1 is 1.35 bits per heavy atom. The molecular weight excluding hydrogens is 216 g/mol. The van der Waals surface area contributed by atoms with Crippen molar-refractivity contribution in [2.45, 2.75) is 46.1 Å². The number of nitrogens with zero attached hydrogens (tertiary/aromatic N) is 2. The largest absolute Gasteiger partial charge is 0.481 e. The van der Waals surface area contributed by atoms with E-state index in [2.05, 4.69) is 18.9 Å². The van der Waals surface area contributed by atoms with Crippen molar-refractivity contribution in [1.82, 2.24) is 9.78 Å². The average Bonchev–Trinajstić information content (AvgIpc) is 2.52. The van der Waals surface area contributed by atoms with Crippen molar-refractivity contribution in [3.05, 3.63) is 11.3 Å². The van der Waals surface area contributed by atoms with Gasteiger partial charge in [-0.3, -0.25) is 0 Å². The summed E-state index contributed by atoms with van der Waals surface area (Å²) in [6.07, 6.45) is 2.45. The Kier molecular flexibility index (Phi) is 5.00. The number of hydrogen-bond acceptors (Lipinski definition) is 3.